The molecular formula is C11H10INO5. The van der Waals surface area contributed by atoms with Crippen LogP contribution in [0.2, 0.25) is 0 Å². The minimum absolute atomic E-state index is 0.0347. The number of hydrogen-bond donors (Lipinski definition) is 3. The Hall–Kier alpha value is -1.77. The Kier molecular flexibility index (Phi) is 4.95. The van der Waals surface area contributed by atoms with Gasteiger partial charge in [-0.05, 0) is 34.7 Å². The molecule has 1 amide bonds. The molecule has 1 aromatic carbocycles. The van der Waals surface area contributed by atoms with E-state index in [4.69, 9.17) is 5.11 Å². The van der Waals surface area contributed by atoms with E-state index >= 15 is 0 Å². The standard InChI is InChI=1S/C11H10INO5/c1-2-3-18-11(17)13-7-4-6(10(15)16)5-8(14)9(7)12/h2,4-5,14H,1,3H2,(H,13,17)(H,15,16). The van der Waals surface area contributed by atoms with Gasteiger partial charge in [0.2, 0.25) is 0 Å². The number of rotatable bonds is 4. The third-order valence-corrected chi connectivity index (χ3v) is 3.00. The fourth-order valence-corrected chi connectivity index (χ4v) is 1.55. The van der Waals surface area contributed by atoms with E-state index in [-0.39, 0.29) is 23.6 Å². The van der Waals surface area contributed by atoms with Crippen molar-refractivity contribution in [1.82, 2.24) is 0 Å². The van der Waals surface area contributed by atoms with Gasteiger partial charge in [-0.2, -0.15) is 0 Å². The fraction of sp³-hybridized carbons (Fsp3) is 0.0909. The van der Waals surface area contributed by atoms with Crippen molar-refractivity contribution in [2.75, 3.05) is 11.9 Å². The largest absolute Gasteiger partial charge is 0.507 e. The summed E-state index contributed by atoms with van der Waals surface area (Å²) in [7, 11) is 0. The number of carbonyl (C=O) groups is 2. The van der Waals surface area contributed by atoms with Crippen LogP contribution in [0.3, 0.4) is 0 Å². The predicted molar refractivity (Wildman–Crippen MR) is 73.0 cm³/mol. The van der Waals surface area contributed by atoms with Crippen molar-refractivity contribution < 1.29 is 24.5 Å². The number of phenols is 1. The van der Waals surface area contributed by atoms with Gasteiger partial charge in [0.05, 0.1) is 14.8 Å². The second-order valence-electron chi connectivity index (χ2n) is 3.17. The Morgan fingerprint density at radius 1 is 1.50 bits per heavy atom. The lowest BCUT2D eigenvalue weighted by atomic mass is 10.2. The highest BCUT2D eigenvalue weighted by Gasteiger charge is 2.14. The fourth-order valence-electron chi connectivity index (χ4n) is 1.10. The lowest BCUT2D eigenvalue weighted by Crippen LogP contribution is -2.15. The number of nitrogens with one attached hydrogen (secondary N) is 1. The van der Waals surface area contributed by atoms with Crippen LogP contribution < -0.4 is 5.32 Å². The zero-order valence-electron chi connectivity index (χ0n) is 9.14. The molecule has 0 aliphatic carbocycles. The molecule has 0 aliphatic heterocycles. The first-order valence-electron chi connectivity index (χ1n) is 4.76. The van der Waals surface area contributed by atoms with Crippen LogP contribution in [0.1, 0.15) is 10.4 Å². The number of carboxylic acid groups (broad SMARTS) is 1. The molecule has 0 bridgehead atoms. The summed E-state index contributed by atoms with van der Waals surface area (Å²) in [5, 5.41) is 20.7. The molecule has 0 saturated carbocycles. The number of carbonyl (C=O) groups excluding carboxylic acids is 1. The molecule has 0 radical (unpaired) electrons. The molecule has 0 spiro atoms. The van der Waals surface area contributed by atoms with E-state index in [9.17, 15) is 14.7 Å². The third-order valence-electron chi connectivity index (χ3n) is 1.87. The summed E-state index contributed by atoms with van der Waals surface area (Å²) in [6, 6.07) is 2.34. The Bertz CT molecular complexity index is 500. The molecule has 1 aromatic rings. The van der Waals surface area contributed by atoms with E-state index in [2.05, 4.69) is 16.6 Å². The summed E-state index contributed by atoms with van der Waals surface area (Å²) in [5.41, 5.74) is 0.0361. The normalized spacial score (nSPS) is 9.61. The molecule has 0 saturated heterocycles. The van der Waals surface area contributed by atoms with E-state index < -0.39 is 12.1 Å². The number of halogens is 1. The topological polar surface area (TPSA) is 95.9 Å². The van der Waals surface area contributed by atoms with Crippen molar-refractivity contribution in [3.05, 3.63) is 33.9 Å². The average Bonchev–Trinajstić information content (AvgIpc) is 2.31. The Labute approximate surface area is 116 Å². The average molecular weight is 363 g/mol. The van der Waals surface area contributed by atoms with Crippen LogP contribution in [0, 0.1) is 3.57 Å². The smallest absolute Gasteiger partial charge is 0.411 e. The predicted octanol–water partition coefficient (Wildman–Crippen LogP) is 2.43. The van der Waals surface area contributed by atoms with E-state index in [1.165, 1.54) is 12.1 Å². The second kappa shape index (κ2) is 6.24. The van der Waals surface area contributed by atoms with Crippen LogP contribution in [0.25, 0.3) is 0 Å². The van der Waals surface area contributed by atoms with Crippen molar-refractivity contribution in [3.8, 4) is 5.75 Å². The molecule has 0 aliphatic rings. The number of anilines is 1. The second-order valence-corrected chi connectivity index (χ2v) is 4.25. The lowest BCUT2D eigenvalue weighted by Gasteiger charge is -2.09. The molecule has 6 nitrogen and oxygen atoms in total. The third kappa shape index (κ3) is 3.62. The number of benzene rings is 1. The van der Waals surface area contributed by atoms with Crippen LogP contribution in [0.15, 0.2) is 24.8 Å². The summed E-state index contributed by atoms with van der Waals surface area (Å²) >= 11 is 1.78. The molecule has 0 heterocycles. The van der Waals surface area contributed by atoms with Gasteiger partial charge < -0.3 is 14.9 Å². The van der Waals surface area contributed by atoms with Crippen LogP contribution in [-0.2, 0) is 4.74 Å². The lowest BCUT2D eigenvalue weighted by molar-refractivity contribution is 0.0696. The van der Waals surface area contributed by atoms with E-state index in [1.807, 2.05) is 0 Å². The maximum Gasteiger partial charge on any atom is 0.411 e. The maximum atomic E-state index is 11.3. The molecule has 0 atom stereocenters. The van der Waals surface area contributed by atoms with Gasteiger partial charge in [-0.1, -0.05) is 12.7 Å². The summed E-state index contributed by atoms with van der Waals surface area (Å²) in [6.45, 7) is 3.42. The van der Waals surface area contributed by atoms with E-state index in [1.54, 1.807) is 22.6 Å². The number of phenolic OH excluding ortho intramolecular Hbond substituents is 1. The monoisotopic (exact) mass is 363 g/mol. The zero-order chi connectivity index (χ0) is 13.7. The number of aromatic hydroxyl groups is 1. The highest BCUT2D eigenvalue weighted by atomic mass is 127. The highest BCUT2D eigenvalue weighted by molar-refractivity contribution is 14.1. The van der Waals surface area contributed by atoms with Crippen molar-refractivity contribution in [2.24, 2.45) is 0 Å². The number of ether oxygens (including phenoxy) is 1. The van der Waals surface area contributed by atoms with Crippen molar-refractivity contribution >= 4 is 40.3 Å². The van der Waals surface area contributed by atoms with Crippen LogP contribution in [0.5, 0.6) is 5.75 Å². The van der Waals surface area contributed by atoms with Crippen LogP contribution in [-0.4, -0.2) is 28.9 Å². The number of hydrogen-bond acceptors (Lipinski definition) is 4. The molecule has 3 N–H and O–H groups in total. The SMILES string of the molecule is C=CCOC(=O)Nc1cc(C(=O)O)cc(O)c1I. The van der Waals surface area contributed by atoms with Gasteiger partial charge in [0, 0.05) is 0 Å². The summed E-state index contributed by atoms with van der Waals surface area (Å²) in [6.07, 6.45) is 0.644. The first kappa shape index (κ1) is 14.3. The summed E-state index contributed by atoms with van der Waals surface area (Å²) < 4.78 is 5.02. The summed E-state index contributed by atoms with van der Waals surface area (Å²) in [5.74, 6) is -1.43. The highest BCUT2D eigenvalue weighted by Crippen LogP contribution is 2.29. The first-order valence-corrected chi connectivity index (χ1v) is 5.84. The van der Waals surface area contributed by atoms with Crippen LogP contribution in [0.4, 0.5) is 10.5 Å². The first-order chi connectivity index (χ1) is 8.45. The minimum atomic E-state index is -1.20. The number of aromatic carboxylic acids is 1. The quantitative estimate of drug-likeness (QED) is 0.564. The molecule has 7 heteroatoms. The molecule has 0 fully saturated rings. The van der Waals surface area contributed by atoms with Gasteiger partial charge >= 0.3 is 12.1 Å². The van der Waals surface area contributed by atoms with Gasteiger partial charge in [0.15, 0.2) is 0 Å². The van der Waals surface area contributed by atoms with Crippen molar-refractivity contribution in [2.45, 2.75) is 0 Å². The van der Waals surface area contributed by atoms with E-state index in [0.29, 0.717) is 3.57 Å². The molecule has 0 aromatic heterocycles. The number of carboxylic acids is 1. The van der Waals surface area contributed by atoms with Gasteiger partial charge in [-0.15, -0.1) is 0 Å². The van der Waals surface area contributed by atoms with Crippen molar-refractivity contribution in [3.63, 3.8) is 0 Å². The minimum Gasteiger partial charge on any atom is -0.507 e. The van der Waals surface area contributed by atoms with Gasteiger partial charge in [0.25, 0.3) is 0 Å². The Balaban J connectivity index is 2.97. The van der Waals surface area contributed by atoms with Crippen LogP contribution >= 0.6 is 22.6 Å². The molecule has 96 valence electrons. The molecular weight excluding hydrogens is 353 g/mol. The molecule has 18 heavy (non-hydrogen) atoms. The Morgan fingerprint density at radius 3 is 2.72 bits per heavy atom. The molecule has 0 unspecified atom stereocenters. The van der Waals surface area contributed by atoms with Gasteiger partial charge in [-0.25, -0.2) is 9.59 Å². The van der Waals surface area contributed by atoms with Crippen molar-refractivity contribution in [1.29, 1.82) is 0 Å². The van der Waals surface area contributed by atoms with Gasteiger partial charge in [0.1, 0.15) is 12.4 Å². The zero-order valence-corrected chi connectivity index (χ0v) is 11.3. The van der Waals surface area contributed by atoms with E-state index in [0.717, 1.165) is 6.07 Å². The molecule has 1 rings (SSSR count). The van der Waals surface area contributed by atoms with Gasteiger partial charge in [-0.3, -0.25) is 5.32 Å². The summed E-state index contributed by atoms with van der Waals surface area (Å²) in [4.78, 5) is 22.1. The maximum absolute atomic E-state index is 11.3. The Morgan fingerprint density at radius 2 is 2.17 bits per heavy atom. The number of amides is 1.